The first-order valence-electron chi connectivity index (χ1n) is 8.96. The lowest BCUT2D eigenvalue weighted by molar-refractivity contribution is -0.121. The zero-order valence-corrected chi connectivity index (χ0v) is 17.6. The molecule has 2 aromatic rings. The molecule has 0 aliphatic rings. The summed E-state index contributed by atoms with van der Waals surface area (Å²) in [7, 11) is -3.50. The van der Waals surface area contributed by atoms with Gasteiger partial charge in [0, 0.05) is 13.0 Å². The predicted octanol–water partition coefficient (Wildman–Crippen LogP) is 3.39. The van der Waals surface area contributed by atoms with Crippen LogP contribution in [0.4, 0.5) is 5.69 Å². The van der Waals surface area contributed by atoms with E-state index in [1.807, 2.05) is 31.2 Å². The number of ether oxygens (including phenoxy) is 1. The summed E-state index contributed by atoms with van der Waals surface area (Å²) < 4.78 is 31.0. The smallest absolute Gasteiger partial charge is 0.232 e. The van der Waals surface area contributed by atoms with Crippen LogP contribution in [0.2, 0.25) is 5.02 Å². The van der Waals surface area contributed by atoms with Crippen molar-refractivity contribution in [2.24, 2.45) is 0 Å². The Morgan fingerprint density at radius 1 is 1.18 bits per heavy atom. The standard InChI is InChI=1S/C20H25ClN2O4S/c1-16-7-5-8-17(15-16)27-14-12-22-20(24)11-6-13-23(28(2,25)26)19-10-4-3-9-18(19)21/h3-5,7-10,15H,6,11-14H2,1-2H3,(H,22,24). The molecular weight excluding hydrogens is 400 g/mol. The summed E-state index contributed by atoms with van der Waals surface area (Å²) in [6, 6.07) is 14.4. The van der Waals surface area contributed by atoms with Gasteiger partial charge in [-0.15, -0.1) is 0 Å². The Hall–Kier alpha value is -2.25. The number of nitrogens with zero attached hydrogens (tertiary/aromatic N) is 1. The summed E-state index contributed by atoms with van der Waals surface area (Å²) in [5, 5.41) is 3.13. The fourth-order valence-corrected chi connectivity index (χ4v) is 3.92. The van der Waals surface area contributed by atoms with Gasteiger partial charge in [0.15, 0.2) is 0 Å². The normalized spacial score (nSPS) is 11.1. The van der Waals surface area contributed by atoms with Crippen LogP contribution in [0.5, 0.6) is 5.75 Å². The van der Waals surface area contributed by atoms with Crippen molar-refractivity contribution in [3.63, 3.8) is 0 Å². The number of aryl methyl sites for hydroxylation is 1. The molecule has 2 aromatic carbocycles. The highest BCUT2D eigenvalue weighted by Crippen LogP contribution is 2.27. The molecule has 0 atom stereocenters. The van der Waals surface area contributed by atoms with Gasteiger partial charge in [-0.05, 0) is 43.2 Å². The molecule has 0 saturated carbocycles. The van der Waals surface area contributed by atoms with Crippen molar-refractivity contribution >= 4 is 33.2 Å². The van der Waals surface area contributed by atoms with Gasteiger partial charge in [-0.2, -0.15) is 0 Å². The van der Waals surface area contributed by atoms with E-state index < -0.39 is 10.0 Å². The van der Waals surface area contributed by atoms with Crippen LogP contribution in [-0.2, 0) is 14.8 Å². The van der Waals surface area contributed by atoms with Crippen LogP contribution in [-0.4, -0.2) is 40.3 Å². The highest BCUT2D eigenvalue weighted by molar-refractivity contribution is 7.92. The van der Waals surface area contributed by atoms with Gasteiger partial charge in [0.05, 0.1) is 23.5 Å². The molecule has 0 heterocycles. The maximum absolute atomic E-state index is 12.1. The second-order valence-electron chi connectivity index (χ2n) is 6.41. The average molecular weight is 425 g/mol. The predicted molar refractivity (Wildman–Crippen MR) is 113 cm³/mol. The minimum atomic E-state index is -3.50. The zero-order chi connectivity index (χ0) is 20.6. The maximum atomic E-state index is 12.1. The summed E-state index contributed by atoms with van der Waals surface area (Å²) in [4.78, 5) is 12.0. The molecule has 2 rings (SSSR count). The van der Waals surface area contributed by atoms with E-state index >= 15 is 0 Å². The molecule has 6 nitrogen and oxygen atoms in total. The first kappa shape index (κ1) is 22.0. The molecule has 28 heavy (non-hydrogen) atoms. The van der Waals surface area contributed by atoms with Gasteiger partial charge < -0.3 is 10.1 Å². The van der Waals surface area contributed by atoms with Crippen molar-refractivity contribution in [1.82, 2.24) is 5.32 Å². The molecule has 1 amide bonds. The summed E-state index contributed by atoms with van der Waals surface area (Å²) in [5.41, 5.74) is 1.52. The Kier molecular flexibility index (Phi) is 8.14. The molecule has 0 radical (unpaired) electrons. The van der Waals surface area contributed by atoms with E-state index in [0.29, 0.717) is 30.3 Å². The highest BCUT2D eigenvalue weighted by atomic mass is 35.5. The lowest BCUT2D eigenvalue weighted by Crippen LogP contribution is -2.33. The molecular formula is C20H25ClN2O4S. The van der Waals surface area contributed by atoms with Gasteiger partial charge >= 0.3 is 0 Å². The second-order valence-corrected chi connectivity index (χ2v) is 8.72. The minimum absolute atomic E-state index is 0.152. The lowest BCUT2D eigenvalue weighted by atomic mass is 10.2. The van der Waals surface area contributed by atoms with E-state index in [4.69, 9.17) is 16.3 Å². The number of rotatable bonds is 10. The van der Waals surface area contributed by atoms with Crippen LogP contribution in [0.1, 0.15) is 18.4 Å². The number of hydrogen-bond acceptors (Lipinski definition) is 4. The summed E-state index contributed by atoms with van der Waals surface area (Å²) in [5.74, 6) is 0.609. The van der Waals surface area contributed by atoms with E-state index in [9.17, 15) is 13.2 Å². The third-order valence-corrected chi connectivity index (χ3v) is 5.47. The second kappa shape index (κ2) is 10.3. The average Bonchev–Trinajstić information content (AvgIpc) is 2.62. The molecule has 0 saturated heterocycles. The van der Waals surface area contributed by atoms with Gasteiger partial charge in [0.25, 0.3) is 0 Å². The van der Waals surface area contributed by atoms with Crippen LogP contribution < -0.4 is 14.4 Å². The fraction of sp³-hybridized carbons (Fsp3) is 0.350. The zero-order valence-electron chi connectivity index (χ0n) is 16.0. The van der Waals surface area contributed by atoms with Crippen molar-refractivity contribution in [3.05, 3.63) is 59.1 Å². The molecule has 8 heteroatoms. The monoisotopic (exact) mass is 424 g/mol. The third kappa shape index (κ3) is 7.05. The molecule has 0 unspecified atom stereocenters. The van der Waals surface area contributed by atoms with Crippen molar-refractivity contribution in [2.75, 3.05) is 30.3 Å². The Bertz CT molecular complexity index is 903. The maximum Gasteiger partial charge on any atom is 0.232 e. The van der Waals surface area contributed by atoms with E-state index in [1.54, 1.807) is 24.3 Å². The number of hydrogen-bond donors (Lipinski definition) is 1. The Morgan fingerprint density at radius 3 is 2.61 bits per heavy atom. The minimum Gasteiger partial charge on any atom is -0.492 e. The summed E-state index contributed by atoms with van der Waals surface area (Å²) in [6.07, 6.45) is 1.71. The van der Waals surface area contributed by atoms with Crippen molar-refractivity contribution in [3.8, 4) is 5.75 Å². The number of anilines is 1. The van der Waals surface area contributed by atoms with Gasteiger partial charge in [-0.25, -0.2) is 8.42 Å². The molecule has 152 valence electrons. The number of benzene rings is 2. The van der Waals surface area contributed by atoms with Crippen LogP contribution in [0.3, 0.4) is 0 Å². The van der Waals surface area contributed by atoms with Gasteiger partial charge in [0.2, 0.25) is 15.9 Å². The number of nitrogens with one attached hydrogen (secondary N) is 1. The lowest BCUT2D eigenvalue weighted by Gasteiger charge is -2.23. The first-order chi connectivity index (χ1) is 13.3. The van der Waals surface area contributed by atoms with Gasteiger partial charge in [-0.1, -0.05) is 35.9 Å². The van der Waals surface area contributed by atoms with E-state index in [2.05, 4.69) is 5.32 Å². The van der Waals surface area contributed by atoms with E-state index in [-0.39, 0.29) is 18.9 Å². The van der Waals surface area contributed by atoms with Crippen molar-refractivity contribution in [2.45, 2.75) is 19.8 Å². The molecule has 0 aliphatic carbocycles. The molecule has 0 fully saturated rings. The summed E-state index contributed by atoms with van der Waals surface area (Å²) >= 11 is 6.11. The number of amides is 1. The molecule has 0 bridgehead atoms. The topological polar surface area (TPSA) is 75.7 Å². The fourth-order valence-electron chi connectivity index (χ4n) is 2.65. The number of carbonyl (C=O) groups is 1. The van der Waals surface area contributed by atoms with Crippen LogP contribution in [0, 0.1) is 6.92 Å². The van der Waals surface area contributed by atoms with E-state index in [1.165, 1.54) is 4.31 Å². The molecule has 1 N–H and O–H groups in total. The van der Waals surface area contributed by atoms with E-state index in [0.717, 1.165) is 17.6 Å². The summed E-state index contributed by atoms with van der Waals surface area (Å²) in [6.45, 7) is 2.91. The number of para-hydroxylation sites is 1. The van der Waals surface area contributed by atoms with Gasteiger partial charge in [0.1, 0.15) is 12.4 Å². The van der Waals surface area contributed by atoms with Crippen LogP contribution in [0.15, 0.2) is 48.5 Å². The highest BCUT2D eigenvalue weighted by Gasteiger charge is 2.19. The Balaban J connectivity index is 1.76. The third-order valence-electron chi connectivity index (χ3n) is 3.97. The number of sulfonamides is 1. The quantitative estimate of drug-likeness (QED) is 0.593. The number of carbonyl (C=O) groups excluding carboxylic acids is 1. The van der Waals surface area contributed by atoms with Crippen molar-refractivity contribution in [1.29, 1.82) is 0 Å². The van der Waals surface area contributed by atoms with Gasteiger partial charge in [-0.3, -0.25) is 9.10 Å². The Morgan fingerprint density at radius 2 is 1.93 bits per heavy atom. The molecule has 0 aliphatic heterocycles. The Labute approximate surface area is 171 Å². The molecule has 0 aromatic heterocycles. The number of halogens is 1. The molecule has 0 spiro atoms. The largest absolute Gasteiger partial charge is 0.492 e. The van der Waals surface area contributed by atoms with Crippen LogP contribution >= 0.6 is 11.6 Å². The van der Waals surface area contributed by atoms with Crippen molar-refractivity contribution < 1.29 is 17.9 Å². The SMILES string of the molecule is Cc1cccc(OCCNC(=O)CCCN(c2ccccc2Cl)S(C)(=O)=O)c1. The first-order valence-corrected chi connectivity index (χ1v) is 11.2. The van der Waals surface area contributed by atoms with Crippen LogP contribution in [0.25, 0.3) is 0 Å².